The molecule has 7 heteroatoms. The van der Waals surface area contributed by atoms with Crippen LogP contribution in [0.1, 0.15) is 71.9 Å². The van der Waals surface area contributed by atoms with E-state index in [-0.39, 0.29) is 11.7 Å². The SMILES string of the molecule is CCCCc1cc(=O)oc2c(C)c(OC(=O)[C@H](NC(=O)OC(C)(C)C)[C@@H](C)CC)ccc12. The number of amides is 1. The van der Waals surface area contributed by atoms with Crippen molar-refractivity contribution in [1.29, 1.82) is 0 Å². The summed E-state index contributed by atoms with van der Waals surface area (Å²) in [5.41, 5.74) is 0.777. The fraction of sp³-hybridized carbons (Fsp3) is 0.560. The molecule has 0 bridgehead atoms. The Morgan fingerprint density at radius 3 is 2.47 bits per heavy atom. The van der Waals surface area contributed by atoms with E-state index in [2.05, 4.69) is 12.2 Å². The molecule has 2 atom stereocenters. The highest BCUT2D eigenvalue weighted by Crippen LogP contribution is 2.29. The second-order valence-electron chi connectivity index (χ2n) is 9.19. The van der Waals surface area contributed by atoms with Gasteiger partial charge in [0.05, 0.1) is 0 Å². The lowest BCUT2D eigenvalue weighted by atomic mass is 9.99. The predicted octanol–water partition coefficient (Wildman–Crippen LogP) is 5.29. The van der Waals surface area contributed by atoms with Crippen LogP contribution in [-0.2, 0) is 16.0 Å². The molecule has 32 heavy (non-hydrogen) atoms. The number of carbonyl (C=O) groups is 2. The molecule has 1 amide bonds. The van der Waals surface area contributed by atoms with Gasteiger partial charge < -0.3 is 19.2 Å². The number of aryl methyl sites for hydroxylation is 2. The van der Waals surface area contributed by atoms with E-state index in [1.54, 1.807) is 39.8 Å². The Morgan fingerprint density at radius 1 is 1.19 bits per heavy atom. The fourth-order valence-corrected chi connectivity index (χ4v) is 3.37. The Bertz CT molecular complexity index is 1020. The van der Waals surface area contributed by atoms with E-state index < -0.39 is 29.3 Å². The van der Waals surface area contributed by atoms with E-state index in [1.165, 1.54) is 6.07 Å². The number of fused-ring (bicyclic) bond motifs is 1. The summed E-state index contributed by atoms with van der Waals surface area (Å²) in [6.45, 7) is 12.9. The maximum Gasteiger partial charge on any atom is 0.408 e. The van der Waals surface area contributed by atoms with Crippen molar-refractivity contribution in [2.45, 2.75) is 85.8 Å². The number of alkyl carbamates (subject to hydrolysis) is 1. The molecule has 0 unspecified atom stereocenters. The molecule has 0 aliphatic rings. The number of rotatable bonds is 8. The first-order valence-electron chi connectivity index (χ1n) is 11.2. The molecule has 0 saturated heterocycles. The predicted molar refractivity (Wildman–Crippen MR) is 124 cm³/mol. The van der Waals surface area contributed by atoms with E-state index in [0.29, 0.717) is 17.6 Å². The van der Waals surface area contributed by atoms with Gasteiger partial charge in [-0.15, -0.1) is 0 Å². The summed E-state index contributed by atoms with van der Waals surface area (Å²) in [7, 11) is 0. The van der Waals surface area contributed by atoms with Gasteiger partial charge in [0, 0.05) is 17.0 Å². The van der Waals surface area contributed by atoms with E-state index in [4.69, 9.17) is 13.9 Å². The third-order valence-corrected chi connectivity index (χ3v) is 5.35. The second kappa shape index (κ2) is 10.7. The zero-order chi connectivity index (χ0) is 24.1. The van der Waals surface area contributed by atoms with Crippen molar-refractivity contribution in [1.82, 2.24) is 5.32 Å². The largest absolute Gasteiger partial charge is 0.444 e. The number of benzene rings is 1. The first kappa shape index (κ1) is 25.4. The van der Waals surface area contributed by atoms with Crippen LogP contribution in [0.2, 0.25) is 0 Å². The Labute approximate surface area is 189 Å². The van der Waals surface area contributed by atoms with Crippen LogP contribution in [0, 0.1) is 12.8 Å². The van der Waals surface area contributed by atoms with Gasteiger partial charge in [0.25, 0.3) is 0 Å². The van der Waals surface area contributed by atoms with Gasteiger partial charge in [0.1, 0.15) is 23.0 Å². The van der Waals surface area contributed by atoms with E-state index >= 15 is 0 Å². The molecule has 0 saturated carbocycles. The monoisotopic (exact) mass is 445 g/mol. The average molecular weight is 446 g/mol. The lowest BCUT2D eigenvalue weighted by Gasteiger charge is -2.25. The summed E-state index contributed by atoms with van der Waals surface area (Å²) in [6, 6.07) is 4.14. The molecule has 0 aliphatic carbocycles. The highest BCUT2D eigenvalue weighted by Gasteiger charge is 2.30. The summed E-state index contributed by atoms with van der Waals surface area (Å²) in [6.07, 6.45) is 2.72. The summed E-state index contributed by atoms with van der Waals surface area (Å²) < 4.78 is 16.4. The van der Waals surface area contributed by atoms with Gasteiger partial charge in [-0.2, -0.15) is 0 Å². The molecule has 1 heterocycles. The summed E-state index contributed by atoms with van der Waals surface area (Å²) in [4.78, 5) is 37.3. The van der Waals surface area contributed by atoms with Gasteiger partial charge in [-0.25, -0.2) is 14.4 Å². The molecule has 176 valence electrons. The van der Waals surface area contributed by atoms with Crippen LogP contribution in [0.4, 0.5) is 4.79 Å². The molecule has 2 aromatic rings. The van der Waals surface area contributed by atoms with Crippen LogP contribution in [0.15, 0.2) is 27.4 Å². The van der Waals surface area contributed by atoms with Crippen molar-refractivity contribution in [3.63, 3.8) is 0 Å². The Kier molecular flexibility index (Phi) is 8.47. The lowest BCUT2D eigenvalue weighted by molar-refractivity contribution is -0.138. The first-order chi connectivity index (χ1) is 15.0. The van der Waals surface area contributed by atoms with Crippen LogP contribution in [0.3, 0.4) is 0 Å². The van der Waals surface area contributed by atoms with Crippen molar-refractivity contribution in [2.75, 3.05) is 0 Å². The third-order valence-electron chi connectivity index (χ3n) is 5.35. The molecule has 1 aromatic carbocycles. The minimum Gasteiger partial charge on any atom is -0.444 e. The van der Waals surface area contributed by atoms with E-state index in [9.17, 15) is 14.4 Å². The number of nitrogens with one attached hydrogen (secondary N) is 1. The molecule has 0 spiro atoms. The zero-order valence-corrected chi connectivity index (χ0v) is 20.2. The molecule has 0 aliphatic heterocycles. The van der Waals surface area contributed by atoms with Crippen LogP contribution >= 0.6 is 0 Å². The van der Waals surface area contributed by atoms with Crippen LogP contribution in [-0.4, -0.2) is 23.7 Å². The number of esters is 1. The molecule has 1 aromatic heterocycles. The zero-order valence-electron chi connectivity index (χ0n) is 20.2. The van der Waals surface area contributed by atoms with Crippen LogP contribution < -0.4 is 15.7 Å². The molecule has 0 fully saturated rings. The van der Waals surface area contributed by atoms with E-state index in [1.807, 2.05) is 13.8 Å². The quantitative estimate of drug-likeness (QED) is 0.337. The van der Waals surface area contributed by atoms with Crippen LogP contribution in [0.5, 0.6) is 5.75 Å². The van der Waals surface area contributed by atoms with Gasteiger partial charge in [0.15, 0.2) is 0 Å². The fourth-order valence-electron chi connectivity index (χ4n) is 3.37. The van der Waals surface area contributed by atoms with Gasteiger partial charge >= 0.3 is 17.7 Å². The lowest BCUT2D eigenvalue weighted by Crippen LogP contribution is -2.48. The van der Waals surface area contributed by atoms with Crippen molar-refractivity contribution in [2.24, 2.45) is 5.92 Å². The molecule has 2 rings (SSSR count). The van der Waals surface area contributed by atoms with Gasteiger partial charge in [0.2, 0.25) is 0 Å². The molecule has 0 radical (unpaired) electrons. The molecule has 7 nitrogen and oxygen atoms in total. The molecule has 1 N–H and O–H groups in total. The van der Waals surface area contributed by atoms with Gasteiger partial charge in [-0.1, -0.05) is 33.6 Å². The Hall–Kier alpha value is -2.83. The number of hydrogen-bond acceptors (Lipinski definition) is 6. The van der Waals surface area contributed by atoms with Crippen molar-refractivity contribution >= 4 is 23.0 Å². The summed E-state index contributed by atoms with van der Waals surface area (Å²) in [5.74, 6) is -0.482. The minimum atomic E-state index is -0.882. The molecular formula is C25H35NO6. The maximum atomic E-state index is 13.0. The van der Waals surface area contributed by atoms with Crippen LogP contribution in [0.25, 0.3) is 11.0 Å². The maximum absolute atomic E-state index is 13.0. The topological polar surface area (TPSA) is 94.8 Å². The minimum absolute atomic E-state index is 0.172. The second-order valence-corrected chi connectivity index (χ2v) is 9.19. The van der Waals surface area contributed by atoms with Crippen molar-refractivity contribution in [3.8, 4) is 5.75 Å². The smallest absolute Gasteiger partial charge is 0.408 e. The van der Waals surface area contributed by atoms with E-state index in [0.717, 1.165) is 30.2 Å². The number of ether oxygens (including phenoxy) is 2. The first-order valence-corrected chi connectivity index (χ1v) is 11.2. The highest BCUT2D eigenvalue weighted by molar-refractivity contribution is 5.88. The summed E-state index contributed by atoms with van der Waals surface area (Å²) in [5, 5.41) is 3.47. The van der Waals surface area contributed by atoms with Crippen molar-refractivity contribution in [3.05, 3.63) is 39.7 Å². The Balaban J connectivity index is 2.33. The number of hydrogen-bond donors (Lipinski definition) is 1. The van der Waals surface area contributed by atoms with Gasteiger partial charge in [-0.05, 0) is 64.2 Å². The van der Waals surface area contributed by atoms with Gasteiger partial charge in [-0.3, -0.25) is 0 Å². The summed E-state index contributed by atoms with van der Waals surface area (Å²) >= 11 is 0. The number of unbranched alkanes of at least 4 members (excludes halogenated alkanes) is 1. The normalized spacial score (nSPS) is 13.5. The Morgan fingerprint density at radius 2 is 1.88 bits per heavy atom. The molecular weight excluding hydrogens is 410 g/mol. The average Bonchev–Trinajstić information content (AvgIpc) is 2.70. The van der Waals surface area contributed by atoms with Crippen molar-refractivity contribution < 1.29 is 23.5 Å². The third kappa shape index (κ3) is 6.58. The number of carbonyl (C=O) groups excluding carboxylic acids is 2. The highest BCUT2D eigenvalue weighted by atomic mass is 16.6. The standard InChI is InChI=1S/C25H35NO6/c1-8-10-11-17-14-20(27)31-22-16(4)19(13-12-18(17)22)30-23(28)21(15(3)9-2)26-24(29)32-25(5,6)7/h12-15,21H,8-11H2,1-7H3,(H,26,29)/t15-,21+/m0/s1.